The van der Waals surface area contributed by atoms with Crippen LogP contribution < -0.4 is 0 Å². The fourth-order valence-corrected chi connectivity index (χ4v) is 4.04. The Kier molecular flexibility index (Phi) is 2.88. The lowest BCUT2D eigenvalue weighted by Crippen LogP contribution is -2.11. The average Bonchev–Trinajstić information content (AvgIpc) is 2.08. The van der Waals surface area contributed by atoms with Crippen molar-refractivity contribution in [1.29, 1.82) is 0 Å². The molecular weight excluding hydrogens is 291 g/mol. The van der Waals surface area contributed by atoms with E-state index in [0.29, 0.717) is 0 Å². The van der Waals surface area contributed by atoms with Crippen molar-refractivity contribution < 1.29 is 0 Å². The molecule has 0 nitrogen and oxygen atoms in total. The molecule has 0 fully saturated rings. The molecule has 0 atom stereocenters. The Labute approximate surface area is 90.1 Å². The molecule has 62 valence electrons. The number of hydrogen-bond acceptors (Lipinski definition) is 1. The number of thiophene rings is 1. The van der Waals surface area contributed by atoms with E-state index in [0.717, 1.165) is 5.02 Å². The van der Waals surface area contributed by atoms with E-state index in [1.807, 2.05) is 5.38 Å². The molecule has 0 unspecified atom stereocenters. The van der Waals surface area contributed by atoms with Gasteiger partial charge in [0.05, 0.1) is 7.91 Å². The van der Waals surface area contributed by atoms with Crippen molar-refractivity contribution in [2.24, 2.45) is 0 Å². The van der Waals surface area contributed by atoms with Crippen molar-refractivity contribution in [1.82, 2.24) is 0 Å². The number of rotatable bonds is 0. The Morgan fingerprint density at radius 3 is 2.18 bits per heavy atom. The third-order valence-electron chi connectivity index (χ3n) is 1.45. The maximum absolute atomic E-state index is 6.04. The van der Waals surface area contributed by atoms with Gasteiger partial charge in [-0.3, -0.25) is 0 Å². The molecule has 0 bridgehead atoms. The first-order chi connectivity index (χ1) is 4.93. The van der Waals surface area contributed by atoms with Crippen LogP contribution in [0.2, 0.25) is 5.02 Å². The van der Waals surface area contributed by atoms with E-state index in [-0.39, 0.29) is 5.41 Å². The van der Waals surface area contributed by atoms with E-state index in [9.17, 15) is 0 Å². The van der Waals surface area contributed by atoms with Crippen molar-refractivity contribution in [3.8, 4) is 0 Å². The van der Waals surface area contributed by atoms with Gasteiger partial charge in [0.1, 0.15) is 0 Å². The van der Waals surface area contributed by atoms with Crippen LogP contribution in [-0.4, -0.2) is 0 Å². The van der Waals surface area contributed by atoms with Crippen molar-refractivity contribution in [2.45, 2.75) is 26.2 Å². The van der Waals surface area contributed by atoms with E-state index in [1.54, 1.807) is 11.3 Å². The van der Waals surface area contributed by atoms with Gasteiger partial charge in [-0.2, -0.15) is 0 Å². The summed E-state index contributed by atoms with van der Waals surface area (Å²) in [5.41, 5.74) is 1.46. The molecule has 3 heteroatoms. The quantitative estimate of drug-likeness (QED) is 0.627. The van der Waals surface area contributed by atoms with Crippen LogP contribution in [0, 0.1) is 2.88 Å². The molecular formula is C8H10ClIS. The maximum atomic E-state index is 6.04. The van der Waals surface area contributed by atoms with E-state index >= 15 is 0 Å². The van der Waals surface area contributed by atoms with Crippen LogP contribution in [0.4, 0.5) is 0 Å². The van der Waals surface area contributed by atoms with Crippen molar-refractivity contribution in [3.05, 3.63) is 18.9 Å². The third kappa shape index (κ3) is 2.10. The zero-order chi connectivity index (χ0) is 8.65. The van der Waals surface area contributed by atoms with E-state index in [1.165, 1.54) is 8.45 Å². The normalized spacial score (nSPS) is 12.1. The van der Waals surface area contributed by atoms with Gasteiger partial charge in [-0.05, 0) is 28.0 Å². The van der Waals surface area contributed by atoms with Crippen LogP contribution in [0.5, 0.6) is 0 Å². The largest absolute Gasteiger partial charge is 0.136 e. The Morgan fingerprint density at radius 1 is 1.45 bits per heavy atom. The molecule has 1 heterocycles. The predicted molar refractivity (Wildman–Crippen MR) is 60.7 cm³/mol. The highest BCUT2D eigenvalue weighted by molar-refractivity contribution is 14.1. The fraction of sp³-hybridized carbons (Fsp3) is 0.500. The molecule has 0 spiro atoms. The van der Waals surface area contributed by atoms with Gasteiger partial charge in [-0.1, -0.05) is 32.4 Å². The number of hydrogen-bond donors (Lipinski definition) is 0. The summed E-state index contributed by atoms with van der Waals surface area (Å²) in [5.74, 6) is 0. The summed E-state index contributed by atoms with van der Waals surface area (Å²) < 4.78 is 1.31. The summed E-state index contributed by atoms with van der Waals surface area (Å²) >= 11 is 10.1. The molecule has 0 aromatic carbocycles. The monoisotopic (exact) mass is 300 g/mol. The van der Waals surface area contributed by atoms with E-state index in [4.69, 9.17) is 11.6 Å². The smallest absolute Gasteiger partial charge is 0.0706 e. The van der Waals surface area contributed by atoms with Gasteiger partial charge in [-0.15, -0.1) is 11.3 Å². The molecule has 1 aromatic heterocycles. The lowest BCUT2D eigenvalue weighted by Gasteiger charge is -2.18. The van der Waals surface area contributed by atoms with E-state index in [2.05, 4.69) is 43.4 Å². The molecule has 0 aliphatic rings. The van der Waals surface area contributed by atoms with E-state index < -0.39 is 0 Å². The second-order valence-corrected chi connectivity index (χ2v) is 6.58. The highest BCUT2D eigenvalue weighted by atomic mass is 127. The SMILES string of the molecule is CC(C)(C)c1c(Cl)csc1I. The van der Waals surface area contributed by atoms with Crippen molar-refractivity contribution in [2.75, 3.05) is 0 Å². The second-order valence-electron chi connectivity index (χ2n) is 3.48. The average molecular weight is 301 g/mol. The minimum atomic E-state index is 0.174. The lowest BCUT2D eigenvalue weighted by molar-refractivity contribution is 0.590. The summed E-state index contributed by atoms with van der Waals surface area (Å²) in [6.07, 6.45) is 0. The van der Waals surface area contributed by atoms with Gasteiger partial charge in [0.25, 0.3) is 0 Å². The Morgan fingerprint density at radius 2 is 2.00 bits per heavy atom. The topological polar surface area (TPSA) is 0 Å². The first-order valence-electron chi connectivity index (χ1n) is 3.36. The molecule has 0 aliphatic heterocycles. The highest BCUT2D eigenvalue weighted by Crippen LogP contribution is 2.37. The van der Waals surface area contributed by atoms with Crippen LogP contribution in [0.1, 0.15) is 26.3 Å². The van der Waals surface area contributed by atoms with Gasteiger partial charge in [0.15, 0.2) is 0 Å². The van der Waals surface area contributed by atoms with Crippen LogP contribution in [-0.2, 0) is 5.41 Å². The zero-order valence-corrected chi connectivity index (χ0v) is 10.5. The third-order valence-corrected chi connectivity index (χ3v) is 3.95. The molecule has 0 N–H and O–H groups in total. The summed E-state index contributed by atoms with van der Waals surface area (Å²) in [4.78, 5) is 0. The van der Waals surface area contributed by atoms with Gasteiger partial charge < -0.3 is 0 Å². The summed E-state index contributed by atoms with van der Waals surface area (Å²) in [6, 6.07) is 0. The zero-order valence-electron chi connectivity index (χ0n) is 6.74. The van der Waals surface area contributed by atoms with Gasteiger partial charge in [0.2, 0.25) is 0 Å². The minimum absolute atomic E-state index is 0.174. The molecule has 0 saturated heterocycles. The predicted octanol–water partition coefficient (Wildman–Crippen LogP) is 4.30. The van der Waals surface area contributed by atoms with Gasteiger partial charge in [0, 0.05) is 10.9 Å². The molecule has 11 heavy (non-hydrogen) atoms. The van der Waals surface area contributed by atoms with Crippen LogP contribution in [0.25, 0.3) is 0 Å². The molecule has 0 amide bonds. The second kappa shape index (κ2) is 3.23. The molecule has 1 aromatic rings. The summed E-state index contributed by atoms with van der Waals surface area (Å²) in [5, 5.41) is 2.91. The van der Waals surface area contributed by atoms with Crippen LogP contribution in [0.15, 0.2) is 5.38 Å². The standard InChI is InChI=1S/C8H10ClIS/c1-8(2,3)6-5(9)4-11-7(6)10/h4H,1-3H3. The fourth-order valence-electron chi connectivity index (χ4n) is 0.968. The molecule has 0 saturated carbocycles. The number of halogens is 2. The summed E-state index contributed by atoms with van der Waals surface area (Å²) in [6.45, 7) is 6.55. The van der Waals surface area contributed by atoms with Crippen LogP contribution >= 0.6 is 45.5 Å². The first kappa shape index (κ1) is 9.81. The van der Waals surface area contributed by atoms with Gasteiger partial charge >= 0.3 is 0 Å². The molecule has 0 radical (unpaired) electrons. The molecule has 1 rings (SSSR count). The molecule has 0 aliphatic carbocycles. The van der Waals surface area contributed by atoms with Crippen molar-refractivity contribution >= 4 is 45.5 Å². The Hall–Kier alpha value is 0.720. The highest BCUT2D eigenvalue weighted by Gasteiger charge is 2.21. The lowest BCUT2D eigenvalue weighted by atomic mass is 9.89. The first-order valence-corrected chi connectivity index (χ1v) is 5.69. The van der Waals surface area contributed by atoms with Gasteiger partial charge in [-0.25, -0.2) is 0 Å². The van der Waals surface area contributed by atoms with Crippen molar-refractivity contribution in [3.63, 3.8) is 0 Å². The Balaban J connectivity index is 3.21. The summed E-state index contributed by atoms with van der Waals surface area (Å²) in [7, 11) is 0. The Bertz CT molecular complexity index is 240. The minimum Gasteiger partial charge on any atom is -0.136 e. The van der Waals surface area contributed by atoms with Crippen LogP contribution in [0.3, 0.4) is 0 Å². The maximum Gasteiger partial charge on any atom is 0.0706 e.